The highest BCUT2D eigenvalue weighted by Crippen LogP contribution is 2.41. The Kier molecular flexibility index (Phi) is 3.68. The first kappa shape index (κ1) is 15.3. The van der Waals surface area contributed by atoms with E-state index in [1.807, 2.05) is 24.3 Å². The van der Waals surface area contributed by atoms with Gasteiger partial charge in [0.1, 0.15) is 17.9 Å². The van der Waals surface area contributed by atoms with Crippen LogP contribution in [0.3, 0.4) is 0 Å². The Balaban J connectivity index is 1.44. The lowest BCUT2D eigenvalue weighted by atomic mass is 10.2. The lowest BCUT2D eigenvalue weighted by Gasteiger charge is -1.99. The molecule has 0 radical (unpaired) electrons. The van der Waals surface area contributed by atoms with E-state index < -0.39 is 6.04 Å². The van der Waals surface area contributed by atoms with Crippen molar-refractivity contribution in [1.82, 2.24) is 15.1 Å². The van der Waals surface area contributed by atoms with E-state index in [-0.39, 0.29) is 10.8 Å². The van der Waals surface area contributed by atoms with Crippen LogP contribution in [-0.2, 0) is 6.42 Å². The first-order valence-electron chi connectivity index (χ1n) is 7.69. The number of ether oxygens (including phenoxy) is 1. The average Bonchev–Trinajstić information content (AvgIpc) is 3.07. The largest absolute Gasteiger partial charge is 0.497 e. The summed E-state index contributed by atoms with van der Waals surface area (Å²) in [7, 11) is 1.60. The summed E-state index contributed by atoms with van der Waals surface area (Å²) in [5, 5.41) is 14.6. The fourth-order valence-corrected chi connectivity index (χ4v) is 2.59. The highest BCUT2D eigenvalue weighted by atomic mass is 16.6. The summed E-state index contributed by atoms with van der Waals surface area (Å²) in [5.41, 5.74) is 1.48. The maximum Gasteiger partial charge on any atom is 0.236 e. The summed E-state index contributed by atoms with van der Waals surface area (Å²) in [6, 6.07) is 6.75. The third kappa shape index (κ3) is 3.08. The fraction of sp³-hybridized carbons (Fsp3) is 0.312. The molecule has 3 aromatic rings. The number of nitrogens with zero attached hydrogens (tertiary/aromatic N) is 4. The highest BCUT2D eigenvalue weighted by Gasteiger charge is 2.53. The van der Waals surface area contributed by atoms with Crippen molar-refractivity contribution in [3.63, 3.8) is 0 Å². The molecule has 0 saturated heterocycles. The Morgan fingerprint density at radius 2 is 2.12 bits per heavy atom. The molecule has 9 nitrogen and oxygen atoms in total. The number of methoxy groups -OCH3 is 1. The van der Waals surface area contributed by atoms with Crippen LogP contribution < -0.4 is 4.74 Å². The molecule has 0 amide bonds. The molecule has 2 atom stereocenters. The fourth-order valence-electron chi connectivity index (χ4n) is 2.59. The van der Waals surface area contributed by atoms with Gasteiger partial charge in [0.25, 0.3) is 0 Å². The molecule has 1 fully saturated rings. The first-order chi connectivity index (χ1) is 12.1. The Bertz CT molecular complexity index is 901. The van der Waals surface area contributed by atoms with Crippen molar-refractivity contribution in [2.24, 2.45) is 0 Å². The SMILES string of the molecule is COc1ccc(-c2nc(Cc3noc([C@H]4C[C@@H]4[N+](=O)[O-])n3)co2)cc1. The number of benzene rings is 1. The van der Waals surface area contributed by atoms with Gasteiger partial charge in [-0.1, -0.05) is 5.16 Å². The summed E-state index contributed by atoms with van der Waals surface area (Å²) in [5.74, 6) is 1.71. The standard InChI is InChI=1S/C16H14N4O5/c1-23-11-4-2-9(3-5-11)15-17-10(8-24-15)6-14-18-16(25-19-14)12-7-13(12)20(21)22/h2-5,8,12-13H,6-7H2,1H3/t12-,13-/m0/s1. The Hall–Kier alpha value is -3.23. The van der Waals surface area contributed by atoms with Gasteiger partial charge in [0.2, 0.25) is 17.8 Å². The van der Waals surface area contributed by atoms with Gasteiger partial charge in [-0.05, 0) is 24.3 Å². The molecule has 25 heavy (non-hydrogen) atoms. The van der Waals surface area contributed by atoms with Crippen LogP contribution in [0.4, 0.5) is 0 Å². The topological polar surface area (TPSA) is 117 Å². The van der Waals surface area contributed by atoms with E-state index in [0.29, 0.717) is 36.1 Å². The summed E-state index contributed by atoms with van der Waals surface area (Å²) < 4.78 is 15.7. The Morgan fingerprint density at radius 1 is 1.32 bits per heavy atom. The molecule has 9 heteroatoms. The van der Waals surface area contributed by atoms with Crippen LogP contribution in [0.1, 0.15) is 29.7 Å². The summed E-state index contributed by atoms with van der Waals surface area (Å²) >= 11 is 0. The van der Waals surface area contributed by atoms with Crippen LogP contribution in [0.5, 0.6) is 5.75 Å². The smallest absolute Gasteiger partial charge is 0.236 e. The maximum atomic E-state index is 10.7. The van der Waals surface area contributed by atoms with Crippen molar-refractivity contribution < 1.29 is 18.6 Å². The molecule has 0 aliphatic heterocycles. The minimum absolute atomic E-state index is 0.275. The molecule has 1 aliphatic carbocycles. The van der Waals surface area contributed by atoms with Gasteiger partial charge in [-0.3, -0.25) is 10.1 Å². The van der Waals surface area contributed by atoms with E-state index in [1.165, 1.54) is 6.26 Å². The van der Waals surface area contributed by atoms with Crippen molar-refractivity contribution in [1.29, 1.82) is 0 Å². The number of hydrogen-bond acceptors (Lipinski definition) is 8. The van der Waals surface area contributed by atoms with Crippen LogP contribution in [0, 0.1) is 10.1 Å². The Morgan fingerprint density at radius 3 is 2.80 bits per heavy atom. The summed E-state index contributed by atoms with van der Waals surface area (Å²) in [6.07, 6.45) is 2.31. The second kappa shape index (κ2) is 6.00. The molecule has 0 bridgehead atoms. The zero-order valence-electron chi connectivity index (χ0n) is 13.3. The lowest BCUT2D eigenvalue weighted by molar-refractivity contribution is -0.496. The van der Waals surface area contributed by atoms with Crippen molar-refractivity contribution in [3.8, 4) is 17.2 Å². The molecule has 0 spiro atoms. The number of rotatable bonds is 6. The minimum Gasteiger partial charge on any atom is -0.497 e. The van der Waals surface area contributed by atoms with Gasteiger partial charge in [0.15, 0.2) is 5.82 Å². The first-order valence-corrected chi connectivity index (χ1v) is 7.69. The molecule has 1 aromatic carbocycles. The van der Waals surface area contributed by atoms with Gasteiger partial charge in [-0.25, -0.2) is 4.98 Å². The molecular formula is C16H14N4O5. The van der Waals surface area contributed by atoms with E-state index in [9.17, 15) is 10.1 Å². The van der Waals surface area contributed by atoms with Crippen LogP contribution in [0.2, 0.25) is 0 Å². The molecule has 2 heterocycles. The normalized spacial score (nSPS) is 18.9. The van der Waals surface area contributed by atoms with E-state index in [4.69, 9.17) is 13.7 Å². The van der Waals surface area contributed by atoms with Crippen molar-refractivity contribution in [2.45, 2.75) is 24.8 Å². The van der Waals surface area contributed by atoms with E-state index in [2.05, 4.69) is 15.1 Å². The lowest BCUT2D eigenvalue weighted by Crippen LogP contribution is -2.03. The van der Waals surface area contributed by atoms with Gasteiger partial charge in [-0.2, -0.15) is 4.98 Å². The molecule has 0 N–H and O–H groups in total. The number of aromatic nitrogens is 3. The van der Waals surface area contributed by atoms with Gasteiger partial charge in [-0.15, -0.1) is 0 Å². The third-order valence-electron chi connectivity index (χ3n) is 4.06. The van der Waals surface area contributed by atoms with Crippen molar-refractivity contribution in [2.75, 3.05) is 7.11 Å². The van der Waals surface area contributed by atoms with E-state index >= 15 is 0 Å². The van der Waals surface area contributed by atoms with Crippen LogP contribution in [-0.4, -0.2) is 33.2 Å². The summed E-state index contributed by atoms with van der Waals surface area (Å²) in [6.45, 7) is 0. The van der Waals surface area contributed by atoms with Crippen LogP contribution >= 0.6 is 0 Å². The van der Waals surface area contributed by atoms with Gasteiger partial charge in [0.05, 0.1) is 19.2 Å². The number of oxazole rings is 1. The van der Waals surface area contributed by atoms with Crippen molar-refractivity contribution >= 4 is 0 Å². The zero-order chi connectivity index (χ0) is 17.4. The molecule has 1 aliphatic rings. The number of nitro groups is 1. The van der Waals surface area contributed by atoms with Crippen LogP contribution in [0.15, 0.2) is 39.5 Å². The molecule has 2 aromatic heterocycles. The molecular weight excluding hydrogens is 328 g/mol. The predicted molar refractivity (Wildman–Crippen MR) is 83.7 cm³/mol. The molecule has 4 rings (SSSR count). The summed E-state index contributed by atoms with van der Waals surface area (Å²) in [4.78, 5) is 19.0. The second-order valence-corrected chi connectivity index (χ2v) is 5.79. The van der Waals surface area contributed by atoms with Gasteiger partial charge < -0.3 is 13.7 Å². The molecule has 128 valence electrons. The molecule has 1 saturated carbocycles. The monoisotopic (exact) mass is 342 g/mol. The van der Waals surface area contributed by atoms with E-state index in [1.54, 1.807) is 7.11 Å². The maximum absolute atomic E-state index is 10.7. The van der Waals surface area contributed by atoms with Crippen molar-refractivity contribution in [3.05, 3.63) is 58.1 Å². The quantitative estimate of drug-likeness (QED) is 0.495. The van der Waals surface area contributed by atoms with Gasteiger partial charge >= 0.3 is 0 Å². The van der Waals surface area contributed by atoms with Crippen LogP contribution in [0.25, 0.3) is 11.5 Å². The zero-order valence-corrected chi connectivity index (χ0v) is 13.3. The Labute approximate surface area is 141 Å². The second-order valence-electron chi connectivity index (χ2n) is 5.79. The highest BCUT2D eigenvalue weighted by molar-refractivity contribution is 5.54. The number of hydrogen-bond donors (Lipinski definition) is 0. The predicted octanol–water partition coefficient (Wildman–Crippen LogP) is 2.46. The third-order valence-corrected chi connectivity index (χ3v) is 4.06. The average molecular weight is 342 g/mol. The minimum atomic E-state index is -0.609. The van der Waals surface area contributed by atoms with Gasteiger partial charge in [0, 0.05) is 16.9 Å². The van der Waals surface area contributed by atoms with E-state index in [0.717, 1.165) is 11.3 Å². The molecule has 0 unspecified atom stereocenters.